The van der Waals surface area contributed by atoms with E-state index in [0.717, 1.165) is 13.0 Å². The smallest absolute Gasteiger partial charge is 0.305 e. The lowest BCUT2D eigenvalue weighted by Crippen LogP contribution is -2.45. The number of aliphatic carboxylic acids is 1. The zero-order valence-corrected chi connectivity index (χ0v) is 11.2. The first-order chi connectivity index (χ1) is 7.77. The second-order valence-corrected chi connectivity index (χ2v) is 5.29. The van der Waals surface area contributed by atoms with Crippen LogP contribution in [0.4, 0.5) is 0 Å². The number of hydrogen-bond donors (Lipinski definition) is 3. The van der Waals surface area contributed by atoms with Crippen LogP contribution in [0.2, 0.25) is 0 Å². The first-order valence-electron chi connectivity index (χ1n) is 5.93. The third-order valence-electron chi connectivity index (χ3n) is 2.59. The Morgan fingerprint density at radius 2 is 1.88 bits per heavy atom. The highest BCUT2D eigenvalue weighted by molar-refractivity contribution is 5.77. The summed E-state index contributed by atoms with van der Waals surface area (Å²) < 4.78 is 0. The van der Waals surface area contributed by atoms with Crippen molar-refractivity contribution in [1.29, 1.82) is 0 Å². The summed E-state index contributed by atoms with van der Waals surface area (Å²) >= 11 is 0. The van der Waals surface area contributed by atoms with Crippen molar-refractivity contribution >= 4 is 11.9 Å². The SMILES string of the molecule is CNCCCC(=O)NC(CC(=O)O)C(C)(C)C. The molecule has 0 fully saturated rings. The van der Waals surface area contributed by atoms with Crippen LogP contribution in [-0.4, -0.2) is 36.6 Å². The fourth-order valence-corrected chi connectivity index (χ4v) is 1.44. The number of hydrogen-bond acceptors (Lipinski definition) is 3. The highest BCUT2D eigenvalue weighted by Crippen LogP contribution is 2.21. The van der Waals surface area contributed by atoms with Crippen LogP contribution in [0.25, 0.3) is 0 Å². The van der Waals surface area contributed by atoms with Crippen molar-refractivity contribution in [2.45, 2.75) is 46.1 Å². The van der Waals surface area contributed by atoms with E-state index in [1.54, 1.807) is 0 Å². The number of carboxylic acid groups (broad SMARTS) is 1. The Morgan fingerprint density at radius 3 is 2.29 bits per heavy atom. The van der Waals surface area contributed by atoms with Gasteiger partial charge in [-0.05, 0) is 25.4 Å². The average molecular weight is 244 g/mol. The molecule has 0 rings (SSSR count). The molecular weight excluding hydrogens is 220 g/mol. The van der Waals surface area contributed by atoms with Crippen LogP contribution in [0.3, 0.4) is 0 Å². The van der Waals surface area contributed by atoms with Gasteiger partial charge in [0.25, 0.3) is 0 Å². The lowest BCUT2D eigenvalue weighted by Gasteiger charge is -2.30. The summed E-state index contributed by atoms with van der Waals surface area (Å²) in [5.41, 5.74) is -0.253. The second kappa shape index (κ2) is 7.27. The first-order valence-corrected chi connectivity index (χ1v) is 5.93. The molecule has 1 amide bonds. The number of nitrogens with one attached hydrogen (secondary N) is 2. The Hall–Kier alpha value is -1.10. The van der Waals surface area contributed by atoms with Crippen molar-refractivity contribution in [3.63, 3.8) is 0 Å². The molecule has 0 aromatic heterocycles. The van der Waals surface area contributed by atoms with Gasteiger partial charge < -0.3 is 15.7 Å². The fraction of sp³-hybridized carbons (Fsp3) is 0.833. The Kier molecular flexibility index (Phi) is 6.80. The first kappa shape index (κ1) is 15.9. The molecule has 0 aromatic carbocycles. The van der Waals surface area contributed by atoms with E-state index in [4.69, 9.17) is 5.11 Å². The average Bonchev–Trinajstić information content (AvgIpc) is 2.15. The van der Waals surface area contributed by atoms with Gasteiger partial charge in [-0.15, -0.1) is 0 Å². The minimum Gasteiger partial charge on any atom is -0.481 e. The Labute approximate surface area is 103 Å². The van der Waals surface area contributed by atoms with Crippen LogP contribution in [0.1, 0.15) is 40.0 Å². The number of amides is 1. The zero-order valence-electron chi connectivity index (χ0n) is 11.2. The maximum atomic E-state index is 11.6. The normalized spacial score (nSPS) is 13.2. The van der Waals surface area contributed by atoms with Gasteiger partial charge in [-0.25, -0.2) is 0 Å². The van der Waals surface area contributed by atoms with Gasteiger partial charge in [0.15, 0.2) is 0 Å². The molecule has 17 heavy (non-hydrogen) atoms. The largest absolute Gasteiger partial charge is 0.481 e. The number of carboxylic acids is 1. The highest BCUT2D eigenvalue weighted by atomic mass is 16.4. The second-order valence-electron chi connectivity index (χ2n) is 5.29. The third kappa shape index (κ3) is 7.74. The molecule has 1 atom stereocenters. The molecular formula is C12H24N2O3. The van der Waals surface area contributed by atoms with Crippen molar-refractivity contribution < 1.29 is 14.7 Å². The molecule has 1 unspecified atom stereocenters. The molecule has 5 heteroatoms. The fourth-order valence-electron chi connectivity index (χ4n) is 1.44. The molecule has 0 spiro atoms. The summed E-state index contributed by atoms with van der Waals surface area (Å²) in [5, 5.41) is 14.6. The lowest BCUT2D eigenvalue weighted by atomic mass is 9.84. The molecule has 5 nitrogen and oxygen atoms in total. The van der Waals surface area contributed by atoms with Crippen molar-refractivity contribution in [3.8, 4) is 0 Å². The van der Waals surface area contributed by atoms with Crippen LogP contribution in [0.15, 0.2) is 0 Å². The quantitative estimate of drug-likeness (QED) is 0.584. The van der Waals surface area contributed by atoms with E-state index in [-0.39, 0.29) is 23.8 Å². The van der Waals surface area contributed by atoms with Crippen molar-refractivity contribution in [2.24, 2.45) is 5.41 Å². The Bertz CT molecular complexity index is 259. The van der Waals surface area contributed by atoms with Gasteiger partial charge in [0, 0.05) is 12.5 Å². The van der Waals surface area contributed by atoms with E-state index in [1.165, 1.54) is 0 Å². The van der Waals surface area contributed by atoms with Crippen LogP contribution >= 0.6 is 0 Å². The molecule has 0 aliphatic heterocycles. The molecule has 100 valence electrons. The molecule has 0 aliphatic carbocycles. The molecule has 0 saturated carbocycles. The summed E-state index contributed by atoms with van der Waals surface area (Å²) in [4.78, 5) is 22.4. The number of rotatable bonds is 7. The van der Waals surface area contributed by atoms with E-state index in [2.05, 4.69) is 10.6 Å². The van der Waals surface area contributed by atoms with Gasteiger partial charge in [0.2, 0.25) is 5.91 Å². The van der Waals surface area contributed by atoms with Gasteiger partial charge in [-0.3, -0.25) is 9.59 Å². The number of carbonyl (C=O) groups is 2. The van der Waals surface area contributed by atoms with Gasteiger partial charge in [0.05, 0.1) is 6.42 Å². The van der Waals surface area contributed by atoms with Crippen molar-refractivity contribution in [1.82, 2.24) is 10.6 Å². The Balaban J connectivity index is 4.24. The maximum absolute atomic E-state index is 11.6. The number of carbonyl (C=O) groups excluding carboxylic acids is 1. The lowest BCUT2D eigenvalue weighted by molar-refractivity contribution is -0.138. The van der Waals surface area contributed by atoms with Crippen molar-refractivity contribution in [3.05, 3.63) is 0 Å². The molecule has 0 radical (unpaired) electrons. The minimum atomic E-state index is -0.888. The van der Waals surface area contributed by atoms with E-state index in [9.17, 15) is 9.59 Å². The predicted octanol–water partition coefficient (Wildman–Crippen LogP) is 0.992. The highest BCUT2D eigenvalue weighted by Gasteiger charge is 2.28. The van der Waals surface area contributed by atoms with Gasteiger partial charge >= 0.3 is 5.97 Å². The minimum absolute atomic E-state index is 0.0404. The summed E-state index contributed by atoms with van der Waals surface area (Å²) in [7, 11) is 1.83. The standard InChI is InChI=1S/C12H24N2O3/c1-12(2,3)9(8-11(16)17)14-10(15)6-5-7-13-4/h9,13H,5-8H2,1-4H3,(H,14,15)(H,16,17). The predicted molar refractivity (Wildman–Crippen MR) is 66.8 cm³/mol. The monoisotopic (exact) mass is 244 g/mol. The molecule has 0 heterocycles. The Morgan fingerprint density at radius 1 is 1.29 bits per heavy atom. The van der Waals surface area contributed by atoms with Crippen LogP contribution in [0.5, 0.6) is 0 Å². The van der Waals surface area contributed by atoms with Gasteiger partial charge in [-0.2, -0.15) is 0 Å². The molecule has 3 N–H and O–H groups in total. The third-order valence-corrected chi connectivity index (χ3v) is 2.59. The maximum Gasteiger partial charge on any atom is 0.305 e. The molecule has 0 bridgehead atoms. The van der Waals surface area contributed by atoms with Crippen LogP contribution in [-0.2, 0) is 9.59 Å². The topological polar surface area (TPSA) is 78.4 Å². The summed E-state index contributed by atoms with van der Waals surface area (Å²) in [6.45, 7) is 6.56. The zero-order chi connectivity index (χ0) is 13.5. The van der Waals surface area contributed by atoms with Gasteiger partial charge in [-0.1, -0.05) is 20.8 Å². The van der Waals surface area contributed by atoms with Crippen molar-refractivity contribution in [2.75, 3.05) is 13.6 Å². The molecule has 0 aliphatic rings. The van der Waals surface area contributed by atoms with E-state index in [1.807, 2.05) is 27.8 Å². The van der Waals surface area contributed by atoms with Crippen LogP contribution in [0, 0.1) is 5.41 Å². The van der Waals surface area contributed by atoms with E-state index < -0.39 is 5.97 Å². The molecule has 0 saturated heterocycles. The summed E-state index contributed by atoms with van der Waals surface area (Å²) in [5.74, 6) is -0.970. The van der Waals surface area contributed by atoms with E-state index in [0.29, 0.717) is 6.42 Å². The molecule has 0 aromatic rings. The summed E-state index contributed by atoms with van der Waals surface area (Å²) in [6, 6.07) is -0.331. The van der Waals surface area contributed by atoms with E-state index >= 15 is 0 Å². The van der Waals surface area contributed by atoms with Gasteiger partial charge in [0.1, 0.15) is 0 Å². The summed E-state index contributed by atoms with van der Waals surface area (Å²) in [6.07, 6.45) is 1.14. The van der Waals surface area contributed by atoms with Crippen LogP contribution < -0.4 is 10.6 Å².